The third-order valence-electron chi connectivity index (χ3n) is 7.76. The highest BCUT2D eigenvalue weighted by atomic mass is 16.7. The molecule has 1 N–H and O–H groups in total. The van der Waals surface area contributed by atoms with Crippen molar-refractivity contribution in [2.45, 2.75) is 51.0 Å². The molecule has 2 atom stereocenters. The summed E-state index contributed by atoms with van der Waals surface area (Å²) in [5.41, 5.74) is 0.266. The molecule has 1 saturated carbocycles. The van der Waals surface area contributed by atoms with Gasteiger partial charge in [0.15, 0.2) is 22.9 Å². The first kappa shape index (κ1) is 19.3. The molecule has 1 aliphatic heterocycles. The lowest BCUT2D eigenvalue weighted by molar-refractivity contribution is -0.130. The molecule has 1 aromatic carbocycles. The fourth-order valence-electron chi connectivity index (χ4n) is 5.52. The van der Waals surface area contributed by atoms with Crippen LogP contribution in [-0.4, -0.2) is 22.7 Å². The van der Waals surface area contributed by atoms with Crippen molar-refractivity contribution in [3.05, 3.63) is 46.5 Å². The number of nitrogens with zero attached hydrogens (tertiary/aromatic N) is 4. The maximum Gasteiger partial charge on any atom is 0.233 e. The molecule has 0 radical (unpaired) electrons. The number of benzene rings is 1. The molecule has 1 aromatic heterocycles. The second-order valence-corrected chi connectivity index (χ2v) is 9.07. The molecule has 2 bridgehead atoms. The van der Waals surface area contributed by atoms with Gasteiger partial charge in [0.1, 0.15) is 12.1 Å². The average Bonchev–Trinajstić information content (AvgIpc) is 3.36. The first-order valence-corrected chi connectivity index (χ1v) is 10.2. The molecule has 1 amide bonds. The lowest BCUT2D eigenvalue weighted by Crippen LogP contribution is -2.51. The molecule has 1 fully saturated rings. The summed E-state index contributed by atoms with van der Waals surface area (Å²) in [4.78, 5) is 22.8. The minimum absolute atomic E-state index is 0.0155. The summed E-state index contributed by atoms with van der Waals surface area (Å²) in [6.45, 7) is 6.72. The molecule has 2 aliphatic carbocycles. The highest BCUT2D eigenvalue weighted by molar-refractivity contribution is 5.92. The van der Waals surface area contributed by atoms with Gasteiger partial charge in [-0.2, -0.15) is 10.5 Å². The second kappa shape index (κ2) is 6.18. The predicted molar refractivity (Wildman–Crippen MR) is 108 cm³/mol. The van der Waals surface area contributed by atoms with Gasteiger partial charge in [0.2, 0.25) is 12.7 Å². The van der Waals surface area contributed by atoms with E-state index in [1.807, 2.05) is 30.3 Å². The number of hydrogen-bond donors (Lipinski definition) is 1. The molecule has 3 aliphatic rings. The first-order chi connectivity index (χ1) is 14.8. The van der Waals surface area contributed by atoms with Crippen LogP contribution in [0.1, 0.15) is 62.0 Å². The summed E-state index contributed by atoms with van der Waals surface area (Å²) in [6, 6.07) is 9.52. The number of ether oxygens (including phenoxy) is 2. The number of hydrogen-bond acceptors (Lipinski definition) is 7. The molecule has 2 aromatic rings. The van der Waals surface area contributed by atoms with Crippen molar-refractivity contribution >= 4 is 5.91 Å². The van der Waals surface area contributed by atoms with Gasteiger partial charge in [-0.05, 0) is 36.0 Å². The number of nitrogens with one attached hydrogen (secondary N) is 1. The van der Waals surface area contributed by atoms with Crippen LogP contribution < -0.4 is 14.8 Å². The van der Waals surface area contributed by atoms with Crippen molar-refractivity contribution in [3.8, 4) is 23.6 Å². The van der Waals surface area contributed by atoms with E-state index in [1.165, 1.54) is 0 Å². The van der Waals surface area contributed by atoms with E-state index in [9.17, 15) is 15.3 Å². The molecule has 31 heavy (non-hydrogen) atoms. The Bertz CT molecular complexity index is 1220. The normalized spacial score (nSPS) is 26.1. The minimum atomic E-state index is -0.917. The Kier molecular flexibility index (Phi) is 3.85. The third kappa shape index (κ3) is 2.25. The van der Waals surface area contributed by atoms with Crippen molar-refractivity contribution < 1.29 is 14.3 Å². The van der Waals surface area contributed by atoms with E-state index in [0.717, 1.165) is 12.0 Å². The molecule has 8 heteroatoms. The monoisotopic (exact) mass is 415 g/mol. The summed E-state index contributed by atoms with van der Waals surface area (Å²) in [6.07, 6.45) is 1.37. The van der Waals surface area contributed by atoms with Crippen LogP contribution in [0.3, 0.4) is 0 Å². The van der Waals surface area contributed by atoms with Crippen molar-refractivity contribution in [1.29, 1.82) is 10.5 Å². The summed E-state index contributed by atoms with van der Waals surface area (Å²) in [5.74, 6) is 1.22. The molecule has 8 nitrogen and oxygen atoms in total. The summed E-state index contributed by atoms with van der Waals surface area (Å²) >= 11 is 0. The van der Waals surface area contributed by atoms with Crippen molar-refractivity contribution in [2.75, 3.05) is 6.79 Å². The fourth-order valence-corrected chi connectivity index (χ4v) is 5.52. The second-order valence-electron chi connectivity index (χ2n) is 9.07. The fraction of sp³-hybridized carbons (Fsp3) is 0.435. The van der Waals surface area contributed by atoms with Gasteiger partial charge in [-0.1, -0.05) is 26.8 Å². The zero-order chi connectivity index (χ0) is 22.0. The smallest absolute Gasteiger partial charge is 0.233 e. The topological polar surface area (TPSA) is 121 Å². The average molecular weight is 415 g/mol. The number of fused-ring (bicyclic) bond motifs is 6. The Morgan fingerprint density at radius 2 is 1.74 bits per heavy atom. The van der Waals surface area contributed by atoms with E-state index in [-0.39, 0.29) is 24.1 Å². The standard InChI is InChI=1S/C23H21N5O3/c1-21(2)22(3)6-7-23(21,19-18(22)27-14(9-24)15(10-25)28-19)20(29)26-11-13-4-5-16-17(8-13)31-12-30-16/h4-5,8H,6-7,11-12H2,1-3H3,(H,26,29). The Morgan fingerprint density at radius 1 is 1.06 bits per heavy atom. The Hall–Kier alpha value is -3.65. The largest absolute Gasteiger partial charge is 0.454 e. The highest BCUT2D eigenvalue weighted by Gasteiger charge is 2.73. The lowest BCUT2D eigenvalue weighted by atomic mass is 9.63. The molecule has 0 saturated heterocycles. The Balaban J connectivity index is 1.53. The Labute approximate surface area is 179 Å². The zero-order valence-electron chi connectivity index (χ0n) is 17.6. The van der Waals surface area contributed by atoms with Gasteiger partial charge in [-0.15, -0.1) is 0 Å². The summed E-state index contributed by atoms with van der Waals surface area (Å²) in [5, 5.41) is 22.0. The maximum absolute atomic E-state index is 13.7. The van der Waals surface area contributed by atoms with Gasteiger partial charge >= 0.3 is 0 Å². The van der Waals surface area contributed by atoms with Gasteiger partial charge in [-0.25, -0.2) is 9.97 Å². The first-order valence-electron chi connectivity index (χ1n) is 10.2. The van der Waals surface area contributed by atoms with E-state index in [4.69, 9.17) is 9.47 Å². The SMILES string of the molecule is CC12CCC(C(=O)NCc3ccc4c(c3)OCO4)(c3nc(C#N)c(C#N)nc31)C2(C)C. The molecule has 0 spiro atoms. The van der Waals surface area contributed by atoms with Gasteiger partial charge in [0.05, 0.1) is 16.8 Å². The van der Waals surface area contributed by atoms with Crippen LogP contribution in [0, 0.1) is 28.1 Å². The number of carbonyl (C=O) groups is 1. The number of carbonyl (C=O) groups excluding carboxylic acids is 1. The number of rotatable bonds is 3. The van der Waals surface area contributed by atoms with Gasteiger partial charge in [-0.3, -0.25) is 4.79 Å². The third-order valence-corrected chi connectivity index (χ3v) is 7.76. The van der Waals surface area contributed by atoms with Crippen molar-refractivity contribution in [2.24, 2.45) is 5.41 Å². The predicted octanol–water partition coefficient (Wildman–Crippen LogP) is 2.59. The Morgan fingerprint density at radius 3 is 2.45 bits per heavy atom. The summed E-state index contributed by atoms with van der Waals surface area (Å²) in [7, 11) is 0. The molecule has 5 rings (SSSR count). The van der Waals surface area contributed by atoms with E-state index in [1.54, 1.807) is 0 Å². The van der Waals surface area contributed by atoms with Crippen LogP contribution in [-0.2, 0) is 22.2 Å². The van der Waals surface area contributed by atoms with Gasteiger partial charge in [0.25, 0.3) is 0 Å². The zero-order valence-corrected chi connectivity index (χ0v) is 17.6. The van der Waals surface area contributed by atoms with Crippen LogP contribution in [0.25, 0.3) is 0 Å². The van der Waals surface area contributed by atoms with Crippen molar-refractivity contribution in [1.82, 2.24) is 15.3 Å². The van der Waals surface area contributed by atoms with Gasteiger partial charge < -0.3 is 14.8 Å². The highest BCUT2D eigenvalue weighted by Crippen LogP contribution is 2.70. The van der Waals surface area contributed by atoms with Gasteiger partial charge in [0, 0.05) is 12.0 Å². The van der Waals surface area contributed by atoms with Crippen LogP contribution in [0.5, 0.6) is 11.5 Å². The van der Waals surface area contributed by atoms with E-state index < -0.39 is 16.2 Å². The molecular weight excluding hydrogens is 394 g/mol. The van der Waals surface area contributed by atoms with E-state index >= 15 is 0 Å². The minimum Gasteiger partial charge on any atom is -0.454 e. The number of amides is 1. The van der Waals surface area contributed by atoms with Crippen LogP contribution >= 0.6 is 0 Å². The van der Waals surface area contributed by atoms with E-state index in [2.05, 4.69) is 36.1 Å². The molecule has 2 unspecified atom stereocenters. The van der Waals surface area contributed by atoms with E-state index in [0.29, 0.717) is 35.9 Å². The molecule has 2 heterocycles. The number of aromatic nitrogens is 2. The van der Waals surface area contributed by atoms with Crippen LogP contribution in [0.2, 0.25) is 0 Å². The van der Waals surface area contributed by atoms with Crippen LogP contribution in [0.15, 0.2) is 18.2 Å². The van der Waals surface area contributed by atoms with Crippen molar-refractivity contribution in [3.63, 3.8) is 0 Å². The quantitative estimate of drug-likeness (QED) is 0.818. The lowest BCUT2D eigenvalue weighted by Gasteiger charge is -2.39. The maximum atomic E-state index is 13.7. The number of nitriles is 2. The molecule has 156 valence electrons. The summed E-state index contributed by atoms with van der Waals surface area (Å²) < 4.78 is 10.8. The molecular formula is C23H21N5O3. The van der Waals surface area contributed by atoms with Crippen LogP contribution in [0.4, 0.5) is 0 Å².